The molecular formula is C20H34O2. The minimum Gasteiger partial charge on any atom is -0.392 e. The van der Waals surface area contributed by atoms with Crippen molar-refractivity contribution in [1.82, 2.24) is 0 Å². The first-order chi connectivity index (χ1) is 10.4. The van der Waals surface area contributed by atoms with E-state index in [0.29, 0.717) is 11.3 Å². The standard InChI is InChI=1S/C20H34O2/c1-15(10-13-21)8-11-19(3)16(2)9-12-20(4)17(14-22)6-5-7-18(19)20/h6,10,16,18,21-22H,5,7-9,11-14H2,1-4H3/b15-10+/t16-,18-,19+,20+/m0/s1. The van der Waals surface area contributed by atoms with Crippen LogP contribution in [0.15, 0.2) is 23.3 Å². The van der Waals surface area contributed by atoms with Gasteiger partial charge in [0.05, 0.1) is 13.2 Å². The highest BCUT2D eigenvalue weighted by Crippen LogP contribution is 2.61. The van der Waals surface area contributed by atoms with Gasteiger partial charge in [-0.15, -0.1) is 0 Å². The Morgan fingerprint density at radius 3 is 2.68 bits per heavy atom. The molecule has 0 radical (unpaired) electrons. The minimum absolute atomic E-state index is 0.149. The van der Waals surface area contributed by atoms with Gasteiger partial charge in [-0.3, -0.25) is 0 Å². The molecule has 2 nitrogen and oxygen atoms in total. The molecule has 0 aromatic rings. The molecule has 2 aliphatic carbocycles. The van der Waals surface area contributed by atoms with E-state index in [2.05, 4.69) is 33.8 Å². The summed E-state index contributed by atoms with van der Waals surface area (Å²) in [4.78, 5) is 0. The second-order valence-corrected chi connectivity index (χ2v) is 8.11. The molecule has 0 heterocycles. The summed E-state index contributed by atoms with van der Waals surface area (Å²) in [5.41, 5.74) is 3.09. The van der Waals surface area contributed by atoms with Crippen molar-refractivity contribution in [3.05, 3.63) is 23.3 Å². The largest absolute Gasteiger partial charge is 0.392 e. The zero-order valence-corrected chi connectivity index (χ0v) is 14.9. The zero-order chi connectivity index (χ0) is 16.4. The van der Waals surface area contributed by atoms with Crippen molar-refractivity contribution in [1.29, 1.82) is 0 Å². The SMILES string of the molecule is C/C(=C\CO)CC[C@]1(C)[C@@H](C)CC[C@]2(C)C(CO)=CCC[C@@H]12. The van der Waals surface area contributed by atoms with Crippen LogP contribution in [0.1, 0.15) is 66.2 Å². The highest BCUT2D eigenvalue weighted by Gasteiger charge is 2.53. The van der Waals surface area contributed by atoms with Gasteiger partial charge in [0.25, 0.3) is 0 Å². The second-order valence-electron chi connectivity index (χ2n) is 8.11. The van der Waals surface area contributed by atoms with Crippen LogP contribution in [0.4, 0.5) is 0 Å². The van der Waals surface area contributed by atoms with E-state index in [9.17, 15) is 5.11 Å². The highest BCUT2D eigenvalue weighted by atomic mass is 16.3. The quantitative estimate of drug-likeness (QED) is 0.735. The molecule has 2 N–H and O–H groups in total. The van der Waals surface area contributed by atoms with Crippen molar-refractivity contribution in [3.63, 3.8) is 0 Å². The summed E-state index contributed by atoms with van der Waals surface area (Å²) in [6.45, 7) is 9.79. The fourth-order valence-electron chi connectivity index (χ4n) is 5.17. The van der Waals surface area contributed by atoms with Crippen molar-refractivity contribution in [2.75, 3.05) is 13.2 Å². The molecular weight excluding hydrogens is 272 g/mol. The van der Waals surface area contributed by atoms with Crippen LogP contribution in [0.2, 0.25) is 0 Å². The predicted molar refractivity (Wildman–Crippen MR) is 92.6 cm³/mol. The number of fused-ring (bicyclic) bond motifs is 1. The van der Waals surface area contributed by atoms with Gasteiger partial charge in [0.1, 0.15) is 0 Å². The summed E-state index contributed by atoms with van der Waals surface area (Å²) in [6, 6.07) is 0. The molecule has 2 heteroatoms. The van der Waals surface area contributed by atoms with Crippen LogP contribution >= 0.6 is 0 Å². The van der Waals surface area contributed by atoms with Crippen LogP contribution in [-0.2, 0) is 0 Å². The molecule has 4 atom stereocenters. The van der Waals surface area contributed by atoms with Gasteiger partial charge in [-0.05, 0) is 73.7 Å². The first kappa shape index (κ1) is 17.7. The highest BCUT2D eigenvalue weighted by molar-refractivity contribution is 5.23. The Balaban J connectivity index is 2.25. The molecule has 0 saturated heterocycles. The lowest BCUT2D eigenvalue weighted by molar-refractivity contribution is -0.0507. The number of aliphatic hydroxyl groups excluding tert-OH is 2. The number of hydrogen-bond acceptors (Lipinski definition) is 2. The molecule has 0 unspecified atom stereocenters. The second kappa shape index (κ2) is 6.88. The Hall–Kier alpha value is -0.600. The average molecular weight is 306 g/mol. The molecule has 1 saturated carbocycles. The van der Waals surface area contributed by atoms with Gasteiger partial charge in [-0.2, -0.15) is 0 Å². The van der Waals surface area contributed by atoms with E-state index in [-0.39, 0.29) is 18.6 Å². The zero-order valence-electron chi connectivity index (χ0n) is 14.9. The minimum atomic E-state index is 0.149. The molecule has 2 aliphatic rings. The summed E-state index contributed by atoms with van der Waals surface area (Å²) in [6.07, 6.45) is 11.3. The van der Waals surface area contributed by atoms with Gasteiger partial charge >= 0.3 is 0 Å². The summed E-state index contributed by atoms with van der Waals surface area (Å²) in [5, 5.41) is 18.9. The van der Waals surface area contributed by atoms with Gasteiger partial charge in [0.15, 0.2) is 0 Å². The fourth-order valence-corrected chi connectivity index (χ4v) is 5.17. The third-order valence-corrected chi connectivity index (χ3v) is 7.04. The van der Waals surface area contributed by atoms with E-state index in [4.69, 9.17) is 5.11 Å². The Labute approximate surface area is 136 Å². The van der Waals surface area contributed by atoms with E-state index >= 15 is 0 Å². The first-order valence-electron chi connectivity index (χ1n) is 8.95. The number of rotatable bonds is 5. The Morgan fingerprint density at radius 1 is 1.32 bits per heavy atom. The lowest BCUT2D eigenvalue weighted by Gasteiger charge is -2.58. The van der Waals surface area contributed by atoms with E-state index in [0.717, 1.165) is 18.8 Å². The van der Waals surface area contributed by atoms with Gasteiger partial charge < -0.3 is 10.2 Å². The third kappa shape index (κ3) is 3.05. The maximum absolute atomic E-state index is 9.81. The van der Waals surface area contributed by atoms with Crippen LogP contribution in [-0.4, -0.2) is 23.4 Å². The molecule has 22 heavy (non-hydrogen) atoms. The van der Waals surface area contributed by atoms with E-state index in [1.54, 1.807) is 0 Å². The lowest BCUT2D eigenvalue weighted by atomic mass is 9.47. The van der Waals surface area contributed by atoms with E-state index in [1.807, 2.05) is 6.08 Å². The van der Waals surface area contributed by atoms with Crippen molar-refractivity contribution in [2.24, 2.45) is 22.7 Å². The van der Waals surface area contributed by atoms with Crippen LogP contribution in [0.3, 0.4) is 0 Å². The predicted octanol–water partition coefficient (Wildman–Crippen LogP) is 4.48. The van der Waals surface area contributed by atoms with Crippen LogP contribution in [0.25, 0.3) is 0 Å². The normalized spacial score (nSPS) is 39.4. The molecule has 0 aromatic heterocycles. The Kier molecular flexibility index (Phi) is 5.55. The maximum atomic E-state index is 9.81. The van der Waals surface area contributed by atoms with Gasteiger partial charge in [-0.25, -0.2) is 0 Å². The molecule has 2 rings (SSSR count). The number of allylic oxidation sites excluding steroid dienone is 2. The van der Waals surface area contributed by atoms with Crippen LogP contribution in [0, 0.1) is 22.7 Å². The average Bonchev–Trinajstić information content (AvgIpc) is 2.49. The van der Waals surface area contributed by atoms with Gasteiger partial charge in [0, 0.05) is 0 Å². The van der Waals surface area contributed by atoms with Gasteiger partial charge in [0.2, 0.25) is 0 Å². The molecule has 1 fully saturated rings. The lowest BCUT2D eigenvalue weighted by Crippen LogP contribution is -2.50. The summed E-state index contributed by atoms with van der Waals surface area (Å²) in [5.74, 6) is 1.39. The summed E-state index contributed by atoms with van der Waals surface area (Å²) < 4.78 is 0. The van der Waals surface area contributed by atoms with Crippen molar-refractivity contribution < 1.29 is 10.2 Å². The fraction of sp³-hybridized carbons (Fsp3) is 0.800. The van der Waals surface area contributed by atoms with E-state index in [1.165, 1.54) is 36.8 Å². The monoisotopic (exact) mass is 306 g/mol. The molecule has 0 spiro atoms. The maximum Gasteiger partial charge on any atom is 0.0647 e. The molecule has 0 bridgehead atoms. The topological polar surface area (TPSA) is 40.5 Å². The molecule has 0 aromatic carbocycles. The third-order valence-electron chi connectivity index (χ3n) is 7.04. The number of hydrogen-bond donors (Lipinski definition) is 2. The van der Waals surface area contributed by atoms with Gasteiger partial charge in [-0.1, -0.05) is 38.5 Å². The smallest absolute Gasteiger partial charge is 0.0647 e. The van der Waals surface area contributed by atoms with Crippen molar-refractivity contribution >= 4 is 0 Å². The summed E-state index contributed by atoms with van der Waals surface area (Å²) in [7, 11) is 0. The molecule has 126 valence electrons. The Morgan fingerprint density at radius 2 is 2.05 bits per heavy atom. The molecule has 0 amide bonds. The van der Waals surface area contributed by atoms with Crippen molar-refractivity contribution in [2.45, 2.75) is 66.2 Å². The Bertz CT molecular complexity index is 451. The summed E-state index contributed by atoms with van der Waals surface area (Å²) >= 11 is 0. The molecule has 0 aliphatic heterocycles. The first-order valence-corrected chi connectivity index (χ1v) is 8.95. The van der Waals surface area contributed by atoms with Crippen LogP contribution in [0.5, 0.6) is 0 Å². The van der Waals surface area contributed by atoms with E-state index < -0.39 is 0 Å². The number of aliphatic hydroxyl groups is 2. The van der Waals surface area contributed by atoms with Crippen LogP contribution < -0.4 is 0 Å². The van der Waals surface area contributed by atoms with Crippen molar-refractivity contribution in [3.8, 4) is 0 Å².